The van der Waals surface area contributed by atoms with Crippen molar-refractivity contribution in [3.05, 3.63) is 59.9 Å². The summed E-state index contributed by atoms with van der Waals surface area (Å²) in [6, 6.07) is 9.43. The topological polar surface area (TPSA) is 89.5 Å². The molecule has 0 amide bonds. The van der Waals surface area contributed by atoms with Gasteiger partial charge in [0.05, 0.1) is 6.54 Å². The number of carboxylic acid groups (broad SMARTS) is 1. The van der Waals surface area contributed by atoms with Crippen molar-refractivity contribution < 1.29 is 14.7 Å². The van der Waals surface area contributed by atoms with Crippen molar-refractivity contribution in [2.24, 2.45) is 5.41 Å². The van der Waals surface area contributed by atoms with Crippen molar-refractivity contribution in [1.29, 1.82) is 0 Å². The highest BCUT2D eigenvalue weighted by atomic mass is 16.4. The largest absolute Gasteiger partial charge is 0.478 e. The van der Waals surface area contributed by atoms with Crippen LogP contribution in [-0.4, -0.2) is 64.0 Å². The number of hydrogen-bond acceptors (Lipinski definition) is 5. The molecule has 0 aliphatic carbocycles. The number of benzene rings is 1. The molecule has 7 heteroatoms. The summed E-state index contributed by atoms with van der Waals surface area (Å²) in [7, 11) is 3.90. The lowest BCUT2D eigenvalue weighted by Gasteiger charge is -2.33. The number of carbonyl (C=O) groups is 2. The molecular weight excluding hydrogens is 404 g/mol. The minimum Gasteiger partial charge on any atom is -0.478 e. The number of nitrogens with one attached hydrogen (secondary N) is 1. The van der Waals surface area contributed by atoms with Crippen LogP contribution in [0.2, 0.25) is 0 Å². The van der Waals surface area contributed by atoms with E-state index in [1.165, 1.54) is 0 Å². The van der Waals surface area contributed by atoms with Gasteiger partial charge in [-0.3, -0.25) is 4.79 Å². The fourth-order valence-electron chi connectivity index (χ4n) is 3.72. The molecule has 2 heterocycles. The van der Waals surface area contributed by atoms with E-state index in [4.69, 9.17) is 5.11 Å². The fraction of sp³-hybridized carbons (Fsp3) is 0.320. The number of carbonyl (C=O) groups excluding carboxylic acids is 1. The number of fused-ring (bicyclic) bond motifs is 1. The summed E-state index contributed by atoms with van der Waals surface area (Å²) in [6.07, 6.45) is 6.07. The molecule has 2 aromatic heterocycles. The predicted octanol–water partition coefficient (Wildman–Crippen LogP) is 4.34. The van der Waals surface area contributed by atoms with Crippen molar-refractivity contribution in [3.8, 4) is 11.1 Å². The maximum absolute atomic E-state index is 13.2. The molecule has 0 unspecified atom stereocenters. The average Bonchev–Trinajstić information content (AvgIpc) is 3.15. The minimum absolute atomic E-state index is 0.00399. The van der Waals surface area contributed by atoms with Crippen LogP contribution in [-0.2, 0) is 4.79 Å². The monoisotopic (exact) mass is 434 g/mol. The number of Topliss-reactive ketones (excluding diaryl/α,β-unsaturated/α-hetero) is 1. The second-order valence-electron chi connectivity index (χ2n) is 9.20. The zero-order valence-electron chi connectivity index (χ0n) is 19.2. The zero-order valence-corrected chi connectivity index (χ0v) is 19.2. The Morgan fingerprint density at radius 2 is 1.91 bits per heavy atom. The molecule has 2 N–H and O–H groups in total. The third kappa shape index (κ3) is 5.69. The molecule has 3 aromatic rings. The molecule has 0 atom stereocenters. The van der Waals surface area contributed by atoms with E-state index in [0.29, 0.717) is 11.2 Å². The Kier molecular flexibility index (Phi) is 6.91. The minimum atomic E-state index is -0.999. The molecule has 32 heavy (non-hydrogen) atoms. The average molecular weight is 435 g/mol. The van der Waals surface area contributed by atoms with E-state index < -0.39 is 5.97 Å². The van der Waals surface area contributed by atoms with Crippen LogP contribution < -0.4 is 0 Å². The van der Waals surface area contributed by atoms with Gasteiger partial charge >= 0.3 is 5.97 Å². The number of hydrazine groups is 1. The summed E-state index contributed by atoms with van der Waals surface area (Å²) in [5, 5.41) is 13.7. The van der Waals surface area contributed by atoms with E-state index in [9.17, 15) is 9.59 Å². The Morgan fingerprint density at radius 3 is 2.59 bits per heavy atom. The maximum atomic E-state index is 13.2. The molecule has 168 valence electrons. The number of aromatic amines is 1. The third-order valence-electron chi connectivity index (χ3n) is 5.15. The molecule has 0 radical (unpaired) electrons. The van der Waals surface area contributed by atoms with Gasteiger partial charge < -0.3 is 10.1 Å². The first-order valence-corrected chi connectivity index (χ1v) is 10.5. The first kappa shape index (κ1) is 23.4. The van der Waals surface area contributed by atoms with E-state index in [1.807, 2.05) is 49.4 Å². The fourth-order valence-corrected chi connectivity index (χ4v) is 3.72. The van der Waals surface area contributed by atoms with Crippen LogP contribution in [0.1, 0.15) is 36.7 Å². The van der Waals surface area contributed by atoms with Crippen LogP contribution >= 0.6 is 0 Å². The van der Waals surface area contributed by atoms with E-state index in [-0.39, 0.29) is 17.7 Å². The Morgan fingerprint density at radius 1 is 1.16 bits per heavy atom. The van der Waals surface area contributed by atoms with Crippen LogP contribution in [0, 0.1) is 5.41 Å². The molecule has 0 aliphatic heterocycles. The molecule has 7 nitrogen and oxygen atoms in total. The van der Waals surface area contributed by atoms with Gasteiger partial charge in [0.15, 0.2) is 5.78 Å². The second kappa shape index (κ2) is 9.46. The number of aromatic nitrogens is 2. The van der Waals surface area contributed by atoms with Gasteiger partial charge in [-0.15, -0.1) is 0 Å². The Balaban J connectivity index is 1.94. The van der Waals surface area contributed by atoms with Gasteiger partial charge in [-0.1, -0.05) is 39.0 Å². The molecule has 0 aliphatic rings. The molecule has 0 saturated heterocycles. The summed E-state index contributed by atoms with van der Waals surface area (Å²) in [6.45, 7) is 7.56. The number of aliphatic carboxylic acids is 1. The molecule has 0 fully saturated rings. The van der Waals surface area contributed by atoms with E-state index >= 15 is 0 Å². The van der Waals surface area contributed by atoms with Gasteiger partial charge in [-0.25, -0.2) is 19.8 Å². The van der Waals surface area contributed by atoms with E-state index in [2.05, 4.69) is 35.7 Å². The number of carboxylic acids is 1. The second-order valence-corrected chi connectivity index (χ2v) is 9.20. The smallest absolute Gasteiger partial charge is 0.328 e. The number of H-pyrrole nitrogens is 1. The highest BCUT2D eigenvalue weighted by molar-refractivity contribution is 6.12. The molecular formula is C25H30N4O3. The third-order valence-corrected chi connectivity index (χ3v) is 5.15. The Bertz CT molecular complexity index is 1160. The summed E-state index contributed by atoms with van der Waals surface area (Å²) in [5.41, 5.74) is 3.87. The first-order valence-electron chi connectivity index (χ1n) is 10.5. The van der Waals surface area contributed by atoms with Gasteiger partial charge in [0.2, 0.25) is 0 Å². The standard InChI is InChI=1S/C25H30N4O3/c1-25(2,3)16-29(5)28(4)15-21(30)20-14-27-24-23(20)19(11-12-26-24)18-8-6-7-17(13-18)9-10-22(31)32/h6-14H,15-16H2,1-5H3,(H,26,27)(H,31,32)/b10-9+. The van der Waals surface area contributed by atoms with Crippen LogP contribution in [0.3, 0.4) is 0 Å². The molecule has 1 aromatic carbocycles. The summed E-state index contributed by atoms with van der Waals surface area (Å²) in [5.74, 6) is -1.00. The van der Waals surface area contributed by atoms with Gasteiger partial charge in [0.1, 0.15) is 5.65 Å². The summed E-state index contributed by atoms with van der Waals surface area (Å²) >= 11 is 0. The van der Waals surface area contributed by atoms with Crippen molar-refractivity contribution in [2.45, 2.75) is 20.8 Å². The maximum Gasteiger partial charge on any atom is 0.328 e. The highest BCUT2D eigenvalue weighted by Crippen LogP contribution is 2.31. The van der Waals surface area contributed by atoms with Crippen molar-refractivity contribution in [1.82, 2.24) is 20.0 Å². The van der Waals surface area contributed by atoms with Crippen molar-refractivity contribution >= 4 is 28.9 Å². The lowest BCUT2D eigenvalue weighted by molar-refractivity contribution is -0.131. The van der Waals surface area contributed by atoms with Gasteiger partial charge in [-0.2, -0.15) is 0 Å². The van der Waals surface area contributed by atoms with Gasteiger partial charge in [0, 0.05) is 50.1 Å². The molecule has 3 rings (SSSR count). The lowest BCUT2D eigenvalue weighted by atomic mass is 9.97. The van der Waals surface area contributed by atoms with Crippen LogP contribution in [0.4, 0.5) is 0 Å². The number of ketones is 1. The molecule has 0 bridgehead atoms. The Hall–Kier alpha value is -3.29. The van der Waals surface area contributed by atoms with Gasteiger partial charge in [-0.05, 0) is 40.3 Å². The van der Waals surface area contributed by atoms with Crippen LogP contribution in [0.25, 0.3) is 28.2 Å². The van der Waals surface area contributed by atoms with Crippen LogP contribution in [0.15, 0.2) is 48.8 Å². The van der Waals surface area contributed by atoms with Crippen molar-refractivity contribution in [3.63, 3.8) is 0 Å². The highest BCUT2D eigenvalue weighted by Gasteiger charge is 2.21. The quantitative estimate of drug-likeness (QED) is 0.312. The van der Waals surface area contributed by atoms with Crippen molar-refractivity contribution in [2.75, 3.05) is 27.2 Å². The van der Waals surface area contributed by atoms with Crippen LogP contribution in [0.5, 0.6) is 0 Å². The molecule has 0 saturated carbocycles. The van der Waals surface area contributed by atoms with Gasteiger partial charge in [0.25, 0.3) is 0 Å². The lowest BCUT2D eigenvalue weighted by Crippen LogP contribution is -2.43. The van der Waals surface area contributed by atoms with E-state index in [0.717, 1.165) is 34.7 Å². The number of likely N-dealkylation sites (N-methyl/N-ethyl adjacent to an activating group) is 1. The SMILES string of the molecule is CN(CC(=O)c1c[nH]c2nccc(-c3cccc(/C=C/C(=O)O)c3)c12)N(C)CC(C)(C)C. The summed E-state index contributed by atoms with van der Waals surface area (Å²) < 4.78 is 0. The zero-order chi connectivity index (χ0) is 23.5. The molecule has 0 spiro atoms. The predicted molar refractivity (Wildman–Crippen MR) is 127 cm³/mol. The first-order chi connectivity index (χ1) is 15.0. The number of nitrogens with zero attached hydrogens (tertiary/aromatic N) is 3. The number of hydrogen-bond donors (Lipinski definition) is 2. The number of rotatable bonds is 8. The normalized spacial score (nSPS) is 12.3. The summed E-state index contributed by atoms with van der Waals surface area (Å²) in [4.78, 5) is 31.6. The number of pyridine rings is 1. The Labute approximate surface area is 188 Å². The van der Waals surface area contributed by atoms with E-state index in [1.54, 1.807) is 18.5 Å².